The van der Waals surface area contributed by atoms with Crippen LogP contribution in [0.5, 0.6) is 0 Å². The van der Waals surface area contributed by atoms with Crippen molar-refractivity contribution in [1.82, 2.24) is 0 Å². The summed E-state index contributed by atoms with van der Waals surface area (Å²) in [5, 5.41) is 3.05. The van der Waals surface area contributed by atoms with Crippen LogP contribution in [0.15, 0.2) is 42.5 Å². The van der Waals surface area contributed by atoms with Crippen LogP contribution in [0, 0.1) is 6.92 Å². The normalized spacial score (nSPS) is 12.2. The lowest BCUT2D eigenvalue weighted by atomic mass is 10.1. The monoisotopic (exact) mass is 466 g/mol. The number of aryl methyl sites for hydroxylation is 1. The van der Waals surface area contributed by atoms with Crippen LogP contribution in [0.2, 0.25) is 5.02 Å². The lowest BCUT2D eigenvalue weighted by Gasteiger charge is -2.29. The van der Waals surface area contributed by atoms with Gasteiger partial charge in [-0.3, -0.25) is 9.10 Å². The number of hydrogen-bond acceptors (Lipinski definition) is 5. The Bertz CT molecular complexity index is 1040. The maximum absolute atomic E-state index is 12.8. The number of hydrogen-bond donors (Lipinski definition) is 1. The standard InChI is InChI=1S/C22H27ClN2O5S/c1-5-6-13-30-22(27)17-8-11-19(12-9-17)24-21(26)16(3)25(31(4,28)29)20-14-18(23)10-7-15(20)2/h7-12,14,16H,5-6,13H2,1-4H3,(H,24,26)/t16-/m0/s1. The number of anilines is 2. The number of carbonyl (C=O) groups excluding carboxylic acids is 2. The van der Waals surface area contributed by atoms with E-state index < -0.39 is 27.9 Å². The summed E-state index contributed by atoms with van der Waals surface area (Å²) in [7, 11) is -3.77. The van der Waals surface area contributed by atoms with E-state index in [-0.39, 0.29) is 0 Å². The van der Waals surface area contributed by atoms with Crippen LogP contribution in [-0.4, -0.2) is 39.2 Å². The van der Waals surface area contributed by atoms with Gasteiger partial charge < -0.3 is 10.1 Å². The Morgan fingerprint density at radius 1 is 1.16 bits per heavy atom. The van der Waals surface area contributed by atoms with Crippen molar-refractivity contribution in [2.24, 2.45) is 0 Å². The lowest BCUT2D eigenvalue weighted by molar-refractivity contribution is -0.116. The minimum absolute atomic E-state index is 0.336. The van der Waals surface area contributed by atoms with Gasteiger partial charge in [-0.2, -0.15) is 0 Å². The molecule has 31 heavy (non-hydrogen) atoms. The van der Waals surface area contributed by atoms with Crippen molar-refractivity contribution in [3.8, 4) is 0 Å². The summed E-state index contributed by atoms with van der Waals surface area (Å²) in [4.78, 5) is 24.8. The smallest absolute Gasteiger partial charge is 0.338 e. The highest BCUT2D eigenvalue weighted by Gasteiger charge is 2.30. The fourth-order valence-corrected chi connectivity index (χ4v) is 4.32. The third-order valence-electron chi connectivity index (χ3n) is 4.62. The first-order valence-corrected chi connectivity index (χ1v) is 12.1. The highest BCUT2D eigenvalue weighted by atomic mass is 35.5. The molecule has 2 rings (SSSR count). The second-order valence-electron chi connectivity index (χ2n) is 7.22. The van der Waals surface area contributed by atoms with E-state index in [2.05, 4.69) is 5.32 Å². The van der Waals surface area contributed by atoms with E-state index >= 15 is 0 Å². The second kappa shape index (κ2) is 10.6. The van der Waals surface area contributed by atoms with Crippen molar-refractivity contribution in [3.63, 3.8) is 0 Å². The molecule has 0 heterocycles. The number of sulfonamides is 1. The molecule has 0 radical (unpaired) electrons. The second-order valence-corrected chi connectivity index (χ2v) is 9.52. The molecule has 0 aliphatic rings. The van der Waals surface area contributed by atoms with Crippen LogP contribution >= 0.6 is 11.6 Å². The van der Waals surface area contributed by atoms with Gasteiger partial charge in [0.2, 0.25) is 15.9 Å². The van der Waals surface area contributed by atoms with Crippen molar-refractivity contribution in [2.75, 3.05) is 22.5 Å². The Morgan fingerprint density at radius 2 is 1.81 bits per heavy atom. The summed E-state index contributed by atoms with van der Waals surface area (Å²) in [6, 6.07) is 10.0. The van der Waals surface area contributed by atoms with E-state index in [9.17, 15) is 18.0 Å². The van der Waals surface area contributed by atoms with Gasteiger partial charge >= 0.3 is 5.97 Å². The van der Waals surface area contributed by atoms with Crippen LogP contribution in [0.3, 0.4) is 0 Å². The number of amides is 1. The van der Waals surface area contributed by atoms with Crippen LogP contribution < -0.4 is 9.62 Å². The molecule has 9 heteroatoms. The third-order valence-corrected chi connectivity index (χ3v) is 6.08. The first-order chi connectivity index (χ1) is 14.5. The molecule has 0 saturated heterocycles. The molecule has 0 unspecified atom stereocenters. The van der Waals surface area contributed by atoms with Gasteiger partial charge in [0.15, 0.2) is 0 Å². The molecule has 2 aromatic rings. The van der Waals surface area contributed by atoms with Crippen molar-refractivity contribution in [2.45, 2.75) is 39.7 Å². The molecule has 1 amide bonds. The van der Waals surface area contributed by atoms with Crippen LogP contribution in [-0.2, 0) is 19.6 Å². The Balaban J connectivity index is 2.17. The number of ether oxygens (including phenoxy) is 1. The van der Waals surface area contributed by atoms with E-state index in [1.165, 1.54) is 13.0 Å². The van der Waals surface area contributed by atoms with E-state index in [1.54, 1.807) is 43.3 Å². The van der Waals surface area contributed by atoms with Gasteiger partial charge in [0, 0.05) is 10.7 Å². The predicted molar refractivity (Wildman–Crippen MR) is 123 cm³/mol. The predicted octanol–water partition coefficient (Wildman–Crippen LogP) is 4.40. The zero-order chi connectivity index (χ0) is 23.2. The molecule has 7 nitrogen and oxygen atoms in total. The maximum Gasteiger partial charge on any atom is 0.338 e. The molecular weight excluding hydrogens is 440 g/mol. The minimum atomic E-state index is -3.77. The number of unbranched alkanes of at least 4 members (excludes halogenated alkanes) is 1. The van der Waals surface area contributed by atoms with Gasteiger partial charge in [0.05, 0.1) is 24.1 Å². The maximum atomic E-state index is 12.8. The molecular formula is C22H27ClN2O5S. The van der Waals surface area contributed by atoms with Crippen LogP contribution in [0.1, 0.15) is 42.6 Å². The van der Waals surface area contributed by atoms with Gasteiger partial charge in [-0.1, -0.05) is 31.0 Å². The fourth-order valence-electron chi connectivity index (χ4n) is 2.93. The zero-order valence-corrected chi connectivity index (χ0v) is 19.6. The average molecular weight is 467 g/mol. The van der Waals surface area contributed by atoms with E-state index in [0.717, 1.165) is 23.4 Å². The number of benzene rings is 2. The first kappa shape index (κ1) is 24.7. The average Bonchev–Trinajstić information content (AvgIpc) is 2.70. The summed E-state index contributed by atoms with van der Waals surface area (Å²) in [6.45, 7) is 5.60. The zero-order valence-electron chi connectivity index (χ0n) is 18.0. The van der Waals surface area contributed by atoms with Gasteiger partial charge in [-0.15, -0.1) is 0 Å². The molecule has 1 atom stereocenters. The van der Waals surface area contributed by atoms with E-state index in [1.807, 2.05) is 6.92 Å². The van der Waals surface area contributed by atoms with Crippen molar-refractivity contribution >= 4 is 44.9 Å². The molecule has 0 spiro atoms. The Morgan fingerprint density at radius 3 is 2.39 bits per heavy atom. The largest absolute Gasteiger partial charge is 0.462 e. The summed E-state index contributed by atoms with van der Waals surface area (Å²) < 4.78 is 31.1. The number of rotatable bonds is 9. The SMILES string of the molecule is CCCCOC(=O)c1ccc(NC(=O)[C@H](C)N(c2cc(Cl)ccc2C)S(C)(=O)=O)cc1. The van der Waals surface area contributed by atoms with Crippen LogP contribution in [0.4, 0.5) is 11.4 Å². The van der Waals surface area contributed by atoms with E-state index in [4.69, 9.17) is 16.3 Å². The topological polar surface area (TPSA) is 92.8 Å². The lowest BCUT2D eigenvalue weighted by Crippen LogP contribution is -2.45. The number of halogens is 1. The fraction of sp³-hybridized carbons (Fsp3) is 0.364. The summed E-state index contributed by atoms with van der Waals surface area (Å²) in [5.41, 5.74) is 1.80. The Hall–Kier alpha value is -2.58. The van der Waals surface area contributed by atoms with Gasteiger partial charge in [0.25, 0.3) is 0 Å². The molecule has 0 aliphatic carbocycles. The molecule has 168 valence electrons. The van der Waals surface area contributed by atoms with Crippen molar-refractivity contribution in [1.29, 1.82) is 0 Å². The van der Waals surface area contributed by atoms with Gasteiger partial charge in [-0.25, -0.2) is 13.2 Å². The molecule has 0 fully saturated rings. The van der Waals surface area contributed by atoms with Gasteiger partial charge in [0.1, 0.15) is 6.04 Å². The van der Waals surface area contributed by atoms with Crippen LogP contribution in [0.25, 0.3) is 0 Å². The molecule has 0 aliphatic heterocycles. The molecule has 0 saturated carbocycles. The van der Waals surface area contributed by atoms with Crippen molar-refractivity contribution in [3.05, 3.63) is 58.6 Å². The van der Waals surface area contributed by atoms with Gasteiger partial charge in [-0.05, 0) is 62.2 Å². The highest BCUT2D eigenvalue weighted by Crippen LogP contribution is 2.28. The summed E-state index contributed by atoms with van der Waals surface area (Å²) in [6.07, 6.45) is 2.76. The number of esters is 1. The third kappa shape index (κ3) is 6.70. The summed E-state index contributed by atoms with van der Waals surface area (Å²) >= 11 is 6.05. The molecule has 1 N–H and O–H groups in total. The number of nitrogens with zero attached hydrogens (tertiary/aromatic N) is 1. The molecule has 2 aromatic carbocycles. The highest BCUT2D eigenvalue weighted by molar-refractivity contribution is 7.92. The summed E-state index contributed by atoms with van der Waals surface area (Å²) in [5.74, 6) is -0.956. The molecule has 0 aromatic heterocycles. The Kier molecular flexibility index (Phi) is 8.47. The quantitative estimate of drug-likeness (QED) is 0.436. The van der Waals surface area contributed by atoms with E-state index in [0.29, 0.717) is 34.1 Å². The number of carbonyl (C=O) groups is 2. The number of nitrogens with one attached hydrogen (secondary N) is 1. The van der Waals surface area contributed by atoms with Crippen molar-refractivity contribution < 1.29 is 22.7 Å². The first-order valence-electron chi connectivity index (χ1n) is 9.88. The molecule has 0 bridgehead atoms. The Labute approximate surface area is 188 Å². The minimum Gasteiger partial charge on any atom is -0.462 e.